The highest BCUT2D eigenvalue weighted by atomic mass is 15.1. The van der Waals surface area contributed by atoms with Crippen LogP contribution < -0.4 is 0 Å². The second-order valence-electron chi connectivity index (χ2n) is 5.39. The van der Waals surface area contributed by atoms with Crippen LogP contribution in [0.25, 0.3) is 0 Å². The van der Waals surface area contributed by atoms with Crippen molar-refractivity contribution in [2.24, 2.45) is 5.92 Å². The fraction of sp³-hybridized carbons (Fsp3) is 0.467. The molecule has 100 valence electrons. The van der Waals surface area contributed by atoms with Crippen LogP contribution in [0.15, 0.2) is 37.1 Å². The first-order valence-electron chi connectivity index (χ1n) is 6.98. The molecule has 4 nitrogen and oxygen atoms in total. The maximum atomic E-state index is 4.20. The first kappa shape index (κ1) is 12.4. The summed E-state index contributed by atoms with van der Waals surface area (Å²) in [5, 5.41) is 0. The summed E-state index contributed by atoms with van der Waals surface area (Å²) in [6.45, 7) is 3.36. The molecule has 0 unspecified atom stereocenters. The van der Waals surface area contributed by atoms with E-state index in [1.54, 1.807) is 6.33 Å². The highest BCUT2D eigenvalue weighted by Gasteiger charge is 2.20. The SMILES string of the molecule is c1cncc(C[C@H]2CCCN(Cc3cnc[nH]3)C2)c1. The number of likely N-dealkylation sites (tertiary alicyclic amines) is 1. The van der Waals surface area contributed by atoms with Gasteiger partial charge in [0, 0.05) is 37.4 Å². The second kappa shape index (κ2) is 5.97. The number of aromatic amines is 1. The van der Waals surface area contributed by atoms with Crippen molar-refractivity contribution in [2.75, 3.05) is 13.1 Å². The van der Waals surface area contributed by atoms with Crippen LogP contribution in [-0.2, 0) is 13.0 Å². The molecule has 0 spiro atoms. The molecule has 1 N–H and O–H groups in total. The summed E-state index contributed by atoms with van der Waals surface area (Å²) in [6, 6.07) is 4.21. The lowest BCUT2D eigenvalue weighted by Crippen LogP contribution is -2.35. The van der Waals surface area contributed by atoms with E-state index in [1.165, 1.54) is 37.2 Å². The maximum Gasteiger partial charge on any atom is 0.0922 e. The Hall–Kier alpha value is -1.68. The molecule has 0 saturated carbocycles. The minimum atomic E-state index is 0.751. The quantitative estimate of drug-likeness (QED) is 0.912. The standard InChI is InChI=1S/C15H20N4/c1-3-13(8-16-5-1)7-14-4-2-6-19(10-14)11-15-9-17-12-18-15/h1,3,5,8-9,12,14H,2,4,6-7,10-11H2,(H,17,18)/t14-/m1/s1. The summed E-state index contributed by atoms with van der Waals surface area (Å²) >= 11 is 0. The Morgan fingerprint density at radius 3 is 3.11 bits per heavy atom. The van der Waals surface area contributed by atoms with Gasteiger partial charge in [0.05, 0.1) is 6.33 Å². The highest BCUT2D eigenvalue weighted by molar-refractivity contribution is 5.09. The molecule has 1 atom stereocenters. The van der Waals surface area contributed by atoms with Crippen molar-refractivity contribution in [3.8, 4) is 0 Å². The average molecular weight is 256 g/mol. The number of piperidine rings is 1. The lowest BCUT2D eigenvalue weighted by Gasteiger charge is -2.32. The van der Waals surface area contributed by atoms with Crippen molar-refractivity contribution in [2.45, 2.75) is 25.8 Å². The van der Waals surface area contributed by atoms with Gasteiger partial charge in [-0.2, -0.15) is 0 Å². The summed E-state index contributed by atoms with van der Waals surface area (Å²) in [5.41, 5.74) is 2.57. The van der Waals surface area contributed by atoms with Crippen LogP contribution in [0.2, 0.25) is 0 Å². The minimum absolute atomic E-state index is 0.751. The van der Waals surface area contributed by atoms with E-state index in [2.05, 4.69) is 25.9 Å². The Morgan fingerprint density at radius 2 is 2.32 bits per heavy atom. The Morgan fingerprint density at radius 1 is 1.32 bits per heavy atom. The average Bonchev–Trinajstić information content (AvgIpc) is 2.93. The summed E-state index contributed by atoms with van der Waals surface area (Å²) in [4.78, 5) is 14.0. The fourth-order valence-corrected chi connectivity index (χ4v) is 2.93. The van der Waals surface area contributed by atoms with E-state index in [4.69, 9.17) is 0 Å². The zero-order valence-electron chi connectivity index (χ0n) is 11.1. The Labute approximate surface area is 113 Å². The normalized spacial score (nSPS) is 20.5. The van der Waals surface area contributed by atoms with Gasteiger partial charge >= 0.3 is 0 Å². The van der Waals surface area contributed by atoms with Gasteiger partial charge in [-0.05, 0) is 43.4 Å². The number of pyridine rings is 1. The van der Waals surface area contributed by atoms with Crippen LogP contribution in [0.3, 0.4) is 0 Å². The third-order valence-corrected chi connectivity index (χ3v) is 3.80. The van der Waals surface area contributed by atoms with Gasteiger partial charge in [0.1, 0.15) is 0 Å². The van der Waals surface area contributed by atoms with E-state index in [9.17, 15) is 0 Å². The molecular formula is C15H20N4. The van der Waals surface area contributed by atoms with E-state index in [1.807, 2.05) is 24.7 Å². The molecule has 0 bridgehead atoms. The number of H-pyrrole nitrogens is 1. The summed E-state index contributed by atoms with van der Waals surface area (Å²) in [5.74, 6) is 0.751. The lowest BCUT2D eigenvalue weighted by atomic mass is 9.92. The zero-order chi connectivity index (χ0) is 12.9. The molecule has 3 rings (SSSR count). The molecule has 0 aliphatic carbocycles. The van der Waals surface area contributed by atoms with Crippen molar-refractivity contribution >= 4 is 0 Å². The van der Waals surface area contributed by atoms with E-state index >= 15 is 0 Å². The molecular weight excluding hydrogens is 236 g/mol. The lowest BCUT2D eigenvalue weighted by molar-refractivity contribution is 0.165. The largest absolute Gasteiger partial charge is 0.347 e. The molecule has 4 heteroatoms. The van der Waals surface area contributed by atoms with Crippen molar-refractivity contribution < 1.29 is 0 Å². The Balaban J connectivity index is 1.56. The molecule has 0 aromatic carbocycles. The van der Waals surface area contributed by atoms with Crippen LogP contribution in [0, 0.1) is 5.92 Å². The topological polar surface area (TPSA) is 44.8 Å². The van der Waals surface area contributed by atoms with Gasteiger partial charge < -0.3 is 4.98 Å². The number of hydrogen-bond acceptors (Lipinski definition) is 3. The van der Waals surface area contributed by atoms with E-state index in [0.29, 0.717) is 0 Å². The van der Waals surface area contributed by atoms with Gasteiger partial charge in [-0.3, -0.25) is 9.88 Å². The third kappa shape index (κ3) is 3.41. The molecule has 1 aliphatic heterocycles. The van der Waals surface area contributed by atoms with Crippen LogP contribution in [0.1, 0.15) is 24.1 Å². The van der Waals surface area contributed by atoms with Gasteiger partial charge in [-0.1, -0.05) is 6.07 Å². The van der Waals surface area contributed by atoms with Crippen LogP contribution >= 0.6 is 0 Å². The molecule has 1 fully saturated rings. The van der Waals surface area contributed by atoms with Crippen LogP contribution in [0.4, 0.5) is 0 Å². The molecule has 1 aliphatic rings. The third-order valence-electron chi connectivity index (χ3n) is 3.80. The Kier molecular flexibility index (Phi) is 3.89. The summed E-state index contributed by atoms with van der Waals surface area (Å²) in [6.07, 6.45) is 11.3. The van der Waals surface area contributed by atoms with Gasteiger partial charge in [-0.25, -0.2) is 4.98 Å². The Bertz CT molecular complexity index is 480. The highest BCUT2D eigenvalue weighted by Crippen LogP contribution is 2.21. The molecule has 0 amide bonds. The number of hydrogen-bond donors (Lipinski definition) is 1. The van der Waals surface area contributed by atoms with Crippen molar-refractivity contribution in [1.29, 1.82) is 0 Å². The molecule has 2 aromatic rings. The zero-order valence-corrected chi connectivity index (χ0v) is 11.1. The van der Waals surface area contributed by atoms with Crippen LogP contribution in [-0.4, -0.2) is 32.9 Å². The predicted molar refractivity (Wildman–Crippen MR) is 74.5 cm³/mol. The number of aromatic nitrogens is 3. The number of rotatable bonds is 4. The molecule has 0 radical (unpaired) electrons. The summed E-state index contributed by atoms with van der Waals surface area (Å²) in [7, 11) is 0. The minimum Gasteiger partial charge on any atom is -0.347 e. The number of imidazole rings is 1. The smallest absolute Gasteiger partial charge is 0.0922 e. The van der Waals surface area contributed by atoms with Gasteiger partial charge in [0.2, 0.25) is 0 Å². The van der Waals surface area contributed by atoms with E-state index in [-0.39, 0.29) is 0 Å². The monoisotopic (exact) mass is 256 g/mol. The number of nitrogens with one attached hydrogen (secondary N) is 1. The maximum absolute atomic E-state index is 4.20. The second-order valence-corrected chi connectivity index (χ2v) is 5.39. The van der Waals surface area contributed by atoms with Crippen LogP contribution in [0.5, 0.6) is 0 Å². The first-order chi connectivity index (χ1) is 9.40. The van der Waals surface area contributed by atoms with Gasteiger partial charge in [-0.15, -0.1) is 0 Å². The first-order valence-corrected chi connectivity index (χ1v) is 6.98. The van der Waals surface area contributed by atoms with Crippen molar-refractivity contribution in [3.05, 3.63) is 48.3 Å². The fourth-order valence-electron chi connectivity index (χ4n) is 2.93. The molecule has 19 heavy (non-hydrogen) atoms. The predicted octanol–water partition coefficient (Wildman–Crippen LogP) is 2.26. The molecule has 3 heterocycles. The van der Waals surface area contributed by atoms with Crippen molar-refractivity contribution in [3.63, 3.8) is 0 Å². The van der Waals surface area contributed by atoms with E-state index < -0.39 is 0 Å². The van der Waals surface area contributed by atoms with Gasteiger partial charge in [0.25, 0.3) is 0 Å². The summed E-state index contributed by atoms with van der Waals surface area (Å²) < 4.78 is 0. The van der Waals surface area contributed by atoms with Gasteiger partial charge in [0.15, 0.2) is 0 Å². The van der Waals surface area contributed by atoms with E-state index in [0.717, 1.165) is 18.9 Å². The van der Waals surface area contributed by atoms with Crippen molar-refractivity contribution in [1.82, 2.24) is 19.9 Å². The molecule has 1 saturated heterocycles. The molecule has 2 aromatic heterocycles. The number of nitrogens with zero attached hydrogens (tertiary/aromatic N) is 3.